The average molecular weight is 217 g/mol. The Labute approximate surface area is 95.0 Å². The molecule has 1 heterocycles. The first-order valence-corrected chi connectivity index (χ1v) is 5.09. The largest absolute Gasteiger partial charge is 0.359 e. The Bertz CT molecular complexity index is 544. The van der Waals surface area contributed by atoms with Crippen LogP contribution in [0.4, 0.5) is 4.39 Å². The maximum Gasteiger partial charge on any atom is 0.116 e. The van der Waals surface area contributed by atoms with E-state index in [0.29, 0.717) is 0 Å². The van der Waals surface area contributed by atoms with Crippen molar-refractivity contribution in [1.29, 1.82) is 0 Å². The molecule has 0 aliphatic heterocycles. The van der Waals surface area contributed by atoms with Gasteiger partial charge in [-0.25, -0.2) is 4.39 Å². The van der Waals surface area contributed by atoms with E-state index < -0.39 is 5.83 Å². The molecule has 0 fully saturated rings. The lowest BCUT2D eigenvalue weighted by molar-refractivity contribution is 0.672. The van der Waals surface area contributed by atoms with Gasteiger partial charge in [-0.3, -0.25) is 0 Å². The van der Waals surface area contributed by atoms with Gasteiger partial charge >= 0.3 is 0 Å². The van der Waals surface area contributed by atoms with Crippen molar-refractivity contribution in [3.8, 4) is 0 Å². The normalized spacial score (nSPS) is 13.1. The standard InChI is InChI=1S/C14H16FN/c1-5-6-7-13-11(3)16-12(4)14(13)9-8-10(2)15/h5-9,16H,2-3H2,1,4H3/b6-5-,9-8-,13-7+. The first-order chi connectivity index (χ1) is 7.56. The summed E-state index contributed by atoms with van der Waals surface area (Å²) < 4.78 is 12.6. The number of halogens is 1. The quantitative estimate of drug-likeness (QED) is 0.749. The van der Waals surface area contributed by atoms with Gasteiger partial charge in [0.1, 0.15) is 5.83 Å². The van der Waals surface area contributed by atoms with Gasteiger partial charge in [0.2, 0.25) is 0 Å². The number of aromatic nitrogens is 1. The minimum absolute atomic E-state index is 0.455. The SMILES string of the molecule is C=C(F)/C=C\c1c(C)[nH]c(=C)/c1=C\C=C/C. The molecule has 1 aromatic heterocycles. The van der Waals surface area contributed by atoms with Gasteiger partial charge in [0.05, 0.1) is 0 Å². The van der Waals surface area contributed by atoms with Gasteiger partial charge in [-0.15, -0.1) is 0 Å². The third-order valence-electron chi connectivity index (χ3n) is 2.24. The van der Waals surface area contributed by atoms with Crippen LogP contribution in [0.25, 0.3) is 18.7 Å². The summed E-state index contributed by atoms with van der Waals surface area (Å²) in [5.41, 5.74) is 1.92. The fraction of sp³-hybridized carbons (Fsp3) is 0.143. The second-order valence-electron chi connectivity index (χ2n) is 3.53. The Balaban J connectivity index is 3.38. The Morgan fingerprint density at radius 3 is 2.69 bits per heavy atom. The molecule has 0 aliphatic rings. The van der Waals surface area contributed by atoms with Crippen LogP contribution < -0.4 is 10.6 Å². The number of H-pyrrole nitrogens is 1. The van der Waals surface area contributed by atoms with E-state index in [-0.39, 0.29) is 0 Å². The molecule has 0 radical (unpaired) electrons. The zero-order valence-corrected chi connectivity index (χ0v) is 9.68. The van der Waals surface area contributed by atoms with Gasteiger partial charge < -0.3 is 4.98 Å². The van der Waals surface area contributed by atoms with Crippen molar-refractivity contribution in [1.82, 2.24) is 4.98 Å². The minimum Gasteiger partial charge on any atom is -0.359 e. The molecular weight excluding hydrogens is 201 g/mol. The fourth-order valence-corrected chi connectivity index (χ4v) is 1.50. The predicted molar refractivity (Wildman–Crippen MR) is 68.9 cm³/mol. The number of hydrogen-bond acceptors (Lipinski definition) is 0. The first-order valence-electron chi connectivity index (χ1n) is 5.09. The van der Waals surface area contributed by atoms with Crippen LogP contribution in [0.15, 0.2) is 30.6 Å². The fourth-order valence-electron chi connectivity index (χ4n) is 1.50. The number of aromatic amines is 1. The van der Waals surface area contributed by atoms with Gasteiger partial charge in [0.25, 0.3) is 0 Å². The summed E-state index contributed by atoms with van der Waals surface area (Å²) in [6.45, 7) is 11.0. The molecule has 0 spiro atoms. The van der Waals surface area contributed by atoms with Crippen LogP contribution in [0.1, 0.15) is 18.2 Å². The average Bonchev–Trinajstić information content (AvgIpc) is 2.47. The Morgan fingerprint density at radius 2 is 2.12 bits per heavy atom. The Kier molecular flexibility index (Phi) is 4.06. The van der Waals surface area contributed by atoms with Crippen LogP contribution in [0, 0.1) is 6.92 Å². The summed E-state index contributed by atoms with van der Waals surface area (Å²) in [5.74, 6) is -0.455. The highest BCUT2D eigenvalue weighted by atomic mass is 19.1. The molecule has 0 saturated heterocycles. The molecule has 0 saturated carbocycles. The van der Waals surface area contributed by atoms with E-state index in [1.54, 1.807) is 6.08 Å². The predicted octanol–water partition coefficient (Wildman–Crippen LogP) is 2.59. The van der Waals surface area contributed by atoms with Crippen molar-refractivity contribution in [2.75, 3.05) is 0 Å². The van der Waals surface area contributed by atoms with Crippen LogP contribution in [0.2, 0.25) is 0 Å². The molecule has 2 heteroatoms. The van der Waals surface area contributed by atoms with Gasteiger partial charge in [0.15, 0.2) is 0 Å². The van der Waals surface area contributed by atoms with E-state index >= 15 is 0 Å². The highest BCUT2D eigenvalue weighted by Crippen LogP contribution is 2.03. The maximum absolute atomic E-state index is 12.6. The van der Waals surface area contributed by atoms with Crippen molar-refractivity contribution < 1.29 is 4.39 Å². The second-order valence-corrected chi connectivity index (χ2v) is 3.53. The molecule has 0 atom stereocenters. The molecule has 0 aromatic carbocycles. The molecule has 0 unspecified atom stereocenters. The zero-order chi connectivity index (χ0) is 12.1. The van der Waals surface area contributed by atoms with Crippen molar-refractivity contribution in [3.63, 3.8) is 0 Å². The summed E-state index contributed by atoms with van der Waals surface area (Å²) >= 11 is 0. The maximum atomic E-state index is 12.6. The van der Waals surface area contributed by atoms with E-state index in [0.717, 1.165) is 21.8 Å². The molecule has 1 aromatic rings. The molecule has 1 N–H and O–H groups in total. The third kappa shape index (κ3) is 2.83. The topological polar surface area (TPSA) is 15.8 Å². The van der Waals surface area contributed by atoms with Crippen molar-refractivity contribution in [2.45, 2.75) is 13.8 Å². The lowest BCUT2D eigenvalue weighted by Gasteiger charge is -1.90. The molecule has 1 nitrogen and oxygen atoms in total. The van der Waals surface area contributed by atoms with E-state index in [9.17, 15) is 4.39 Å². The monoisotopic (exact) mass is 217 g/mol. The number of rotatable bonds is 3. The summed E-state index contributed by atoms with van der Waals surface area (Å²) in [6.07, 6.45) is 8.87. The number of aryl methyl sites for hydroxylation is 1. The molecule has 0 aliphatic carbocycles. The van der Waals surface area contributed by atoms with Gasteiger partial charge in [-0.1, -0.05) is 31.4 Å². The van der Waals surface area contributed by atoms with Crippen LogP contribution in [-0.2, 0) is 0 Å². The summed E-state index contributed by atoms with van der Waals surface area (Å²) in [4.78, 5) is 3.13. The van der Waals surface area contributed by atoms with E-state index in [1.165, 1.54) is 6.08 Å². The smallest absolute Gasteiger partial charge is 0.116 e. The van der Waals surface area contributed by atoms with E-state index in [4.69, 9.17) is 0 Å². The third-order valence-corrected chi connectivity index (χ3v) is 2.24. The van der Waals surface area contributed by atoms with Crippen molar-refractivity contribution in [2.24, 2.45) is 0 Å². The second kappa shape index (κ2) is 5.31. The highest BCUT2D eigenvalue weighted by molar-refractivity contribution is 5.58. The minimum atomic E-state index is -0.455. The number of nitrogens with one attached hydrogen (secondary N) is 1. The van der Waals surface area contributed by atoms with Crippen LogP contribution in [-0.4, -0.2) is 4.98 Å². The first kappa shape index (κ1) is 12.2. The van der Waals surface area contributed by atoms with Gasteiger partial charge in [0, 0.05) is 21.8 Å². The van der Waals surface area contributed by atoms with Crippen molar-refractivity contribution in [3.05, 3.63) is 52.5 Å². The molecule has 0 bridgehead atoms. The lowest BCUT2D eigenvalue weighted by Crippen LogP contribution is -2.21. The van der Waals surface area contributed by atoms with Crippen molar-refractivity contribution >= 4 is 18.7 Å². The van der Waals surface area contributed by atoms with Gasteiger partial charge in [-0.2, -0.15) is 0 Å². The van der Waals surface area contributed by atoms with E-state index in [2.05, 4.69) is 18.1 Å². The molecule has 16 heavy (non-hydrogen) atoms. The highest BCUT2D eigenvalue weighted by Gasteiger charge is 1.99. The van der Waals surface area contributed by atoms with Gasteiger partial charge in [-0.05, 0) is 26.0 Å². The number of hydrogen-bond donors (Lipinski definition) is 1. The van der Waals surface area contributed by atoms with E-state index in [1.807, 2.05) is 32.1 Å². The number of allylic oxidation sites excluding steroid dienone is 4. The van der Waals surface area contributed by atoms with Crippen LogP contribution >= 0.6 is 0 Å². The molecule has 1 rings (SSSR count). The summed E-state index contributed by atoms with van der Waals surface area (Å²) in [7, 11) is 0. The Hall–Kier alpha value is -1.83. The lowest BCUT2D eigenvalue weighted by atomic mass is 10.2. The van der Waals surface area contributed by atoms with Crippen LogP contribution in [0.3, 0.4) is 0 Å². The molecule has 84 valence electrons. The molecule has 0 amide bonds. The van der Waals surface area contributed by atoms with Crippen LogP contribution in [0.5, 0.6) is 0 Å². The molecular formula is C14H16FN. The zero-order valence-electron chi connectivity index (χ0n) is 9.68. The summed E-state index contributed by atoms with van der Waals surface area (Å²) in [5, 5.41) is 1.81. The summed E-state index contributed by atoms with van der Waals surface area (Å²) in [6, 6.07) is 0. The Morgan fingerprint density at radius 1 is 1.44 bits per heavy atom.